The molecule has 0 aromatic rings. The topological polar surface area (TPSA) is 95.9 Å². The van der Waals surface area contributed by atoms with Crippen molar-refractivity contribution in [2.45, 2.75) is 6.04 Å². The van der Waals surface area contributed by atoms with Gasteiger partial charge in [0.1, 0.15) is 0 Å². The monoisotopic (exact) mass is 163 g/mol. The van der Waals surface area contributed by atoms with Crippen molar-refractivity contribution in [3.63, 3.8) is 0 Å². The molecule has 11 heavy (non-hydrogen) atoms. The summed E-state index contributed by atoms with van der Waals surface area (Å²) in [7, 11) is 1.11. The summed E-state index contributed by atoms with van der Waals surface area (Å²) in [5.41, 5.74) is 0. The predicted octanol–water partition coefficient (Wildman–Crippen LogP) is -1.21. The van der Waals surface area contributed by atoms with Crippen LogP contribution < -0.4 is 5.32 Å². The third-order valence-corrected chi connectivity index (χ3v) is 0.966. The first-order chi connectivity index (χ1) is 5.11. The summed E-state index contributed by atoms with van der Waals surface area (Å²) in [6, 6.07) is -1.20. The molecule has 0 aliphatic rings. The molecule has 0 heterocycles. The Bertz CT molecular complexity index is 157. The lowest BCUT2D eigenvalue weighted by Crippen LogP contribution is -2.43. The summed E-state index contributed by atoms with van der Waals surface area (Å²) in [5.74, 6) is -0.810. The third kappa shape index (κ3) is 3.41. The van der Waals surface area contributed by atoms with Crippen LogP contribution in [0.2, 0.25) is 0 Å². The number of rotatable bonds is 3. The van der Waals surface area contributed by atoms with E-state index in [1.807, 2.05) is 0 Å². The smallest absolute Gasteiger partial charge is 0.405 e. The number of carbonyl (C=O) groups excluding carboxylic acids is 1. The summed E-state index contributed by atoms with van der Waals surface area (Å²) in [6.07, 6.45) is -1.38. The van der Waals surface area contributed by atoms with E-state index in [-0.39, 0.29) is 0 Å². The second-order valence-corrected chi connectivity index (χ2v) is 1.71. The fourth-order valence-electron chi connectivity index (χ4n) is 0.470. The Morgan fingerprint density at radius 3 is 2.45 bits per heavy atom. The zero-order chi connectivity index (χ0) is 8.85. The molecule has 0 aliphatic carbocycles. The highest BCUT2D eigenvalue weighted by atomic mass is 16.5. The quantitative estimate of drug-likeness (QED) is 0.453. The number of hydrogen-bond acceptors (Lipinski definition) is 4. The van der Waals surface area contributed by atoms with E-state index in [1.54, 1.807) is 5.32 Å². The van der Waals surface area contributed by atoms with Crippen LogP contribution in [0.4, 0.5) is 4.79 Å². The average molecular weight is 163 g/mol. The number of nitrogens with one attached hydrogen (secondary N) is 1. The zero-order valence-corrected chi connectivity index (χ0v) is 5.90. The summed E-state index contributed by atoms with van der Waals surface area (Å²) >= 11 is 0. The van der Waals surface area contributed by atoms with Gasteiger partial charge >= 0.3 is 12.1 Å². The van der Waals surface area contributed by atoms with Crippen molar-refractivity contribution >= 4 is 12.1 Å². The number of hydrogen-bond donors (Lipinski definition) is 3. The summed E-state index contributed by atoms with van der Waals surface area (Å²) in [5, 5.41) is 18.4. The molecular formula is C5H9NO5. The molecule has 0 bridgehead atoms. The first-order valence-electron chi connectivity index (χ1n) is 2.80. The van der Waals surface area contributed by atoms with E-state index in [1.165, 1.54) is 0 Å². The highest BCUT2D eigenvalue weighted by molar-refractivity contribution is 5.80. The van der Waals surface area contributed by atoms with Gasteiger partial charge in [0.2, 0.25) is 0 Å². The molecule has 0 fully saturated rings. The normalized spacial score (nSPS) is 11.8. The number of carbonyl (C=O) groups is 2. The van der Waals surface area contributed by atoms with Crippen molar-refractivity contribution < 1.29 is 24.5 Å². The van der Waals surface area contributed by atoms with Crippen molar-refractivity contribution in [1.29, 1.82) is 0 Å². The molecule has 0 aromatic carbocycles. The lowest BCUT2D eigenvalue weighted by Gasteiger charge is -2.10. The predicted molar refractivity (Wildman–Crippen MR) is 34.1 cm³/mol. The molecule has 0 rings (SSSR count). The van der Waals surface area contributed by atoms with E-state index in [0.717, 1.165) is 7.11 Å². The van der Waals surface area contributed by atoms with Gasteiger partial charge in [-0.1, -0.05) is 0 Å². The largest absolute Gasteiger partial charge is 0.467 e. The highest BCUT2D eigenvalue weighted by Gasteiger charge is 2.19. The van der Waals surface area contributed by atoms with Crippen LogP contribution in [0.5, 0.6) is 0 Å². The molecule has 0 saturated heterocycles. The van der Waals surface area contributed by atoms with E-state index in [2.05, 4.69) is 4.74 Å². The van der Waals surface area contributed by atoms with Crippen molar-refractivity contribution in [2.75, 3.05) is 13.7 Å². The second-order valence-electron chi connectivity index (χ2n) is 1.71. The molecule has 1 atom stereocenters. The minimum absolute atomic E-state index is 0.612. The Balaban J connectivity index is 3.94. The Morgan fingerprint density at radius 2 is 2.18 bits per heavy atom. The Kier molecular flexibility index (Phi) is 3.97. The van der Waals surface area contributed by atoms with E-state index >= 15 is 0 Å². The molecule has 0 aromatic heterocycles. The average Bonchev–Trinajstić information content (AvgIpc) is 1.98. The third-order valence-electron chi connectivity index (χ3n) is 0.966. The minimum Gasteiger partial charge on any atom is -0.467 e. The molecule has 6 heteroatoms. The van der Waals surface area contributed by atoms with Gasteiger partial charge in [-0.15, -0.1) is 0 Å². The molecule has 6 nitrogen and oxygen atoms in total. The van der Waals surface area contributed by atoms with Gasteiger partial charge in [-0.25, -0.2) is 9.59 Å². The minimum atomic E-state index is -1.38. The van der Waals surface area contributed by atoms with Crippen LogP contribution in [-0.2, 0) is 9.53 Å². The maximum atomic E-state index is 10.6. The lowest BCUT2D eigenvalue weighted by atomic mass is 10.3. The van der Waals surface area contributed by atoms with Crippen LogP contribution in [0.3, 0.4) is 0 Å². The van der Waals surface area contributed by atoms with Gasteiger partial charge in [-0.2, -0.15) is 0 Å². The molecule has 0 spiro atoms. The molecule has 3 N–H and O–H groups in total. The molecule has 1 amide bonds. The number of esters is 1. The molecule has 0 saturated carbocycles. The SMILES string of the molecule is COC(=O)[C@@H](CO)NC(=O)O. The van der Waals surface area contributed by atoms with Gasteiger partial charge in [-0.05, 0) is 0 Å². The molecule has 0 unspecified atom stereocenters. The van der Waals surface area contributed by atoms with E-state index < -0.39 is 24.7 Å². The number of amides is 1. The van der Waals surface area contributed by atoms with Crippen molar-refractivity contribution in [1.82, 2.24) is 5.32 Å². The number of ether oxygens (including phenoxy) is 1. The van der Waals surface area contributed by atoms with E-state index in [9.17, 15) is 9.59 Å². The second kappa shape index (κ2) is 4.51. The first-order valence-corrected chi connectivity index (χ1v) is 2.80. The summed E-state index contributed by atoms with van der Waals surface area (Å²) < 4.78 is 4.18. The van der Waals surface area contributed by atoms with Crippen molar-refractivity contribution in [3.05, 3.63) is 0 Å². The van der Waals surface area contributed by atoms with Crippen molar-refractivity contribution in [3.8, 4) is 0 Å². The maximum absolute atomic E-state index is 10.6. The zero-order valence-electron chi connectivity index (χ0n) is 5.90. The number of aliphatic hydroxyl groups is 1. The van der Waals surface area contributed by atoms with Crippen molar-refractivity contribution in [2.24, 2.45) is 0 Å². The summed E-state index contributed by atoms with van der Waals surface area (Å²) in [6.45, 7) is -0.612. The lowest BCUT2D eigenvalue weighted by molar-refractivity contribution is -0.143. The molecule has 0 radical (unpaired) electrons. The highest BCUT2D eigenvalue weighted by Crippen LogP contribution is 1.85. The van der Waals surface area contributed by atoms with Crippen LogP contribution in [-0.4, -0.2) is 42.0 Å². The maximum Gasteiger partial charge on any atom is 0.405 e. The van der Waals surface area contributed by atoms with Gasteiger partial charge in [0.15, 0.2) is 6.04 Å². The van der Waals surface area contributed by atoms with Gasteiger partial charge in [0.05, 0.1) is 13.7 Å². The Labute approximate surface area is 62.8 Å². The van der Waals surface area contributed by atoms with Crippen LogP contribution >= 0.6 is 0 Å². The van der Waals surface area contributed by atoms with Crippen LogP contribution in [0.1, 0.15) is 0 Å². The van der Waals surface area contributed by atoms with Gasteiger partial charge < -0.3 is 20.3 Å². The van der Waals surface area contributed by atoms with Gasteiger partial charge in [-0.3, -0.25) is 0 Å². The number of methoxy groups -OCH3 is 1. The van der Waals surface area contributed by atoms with Crippen LogP contribution in [0.25, 0.3) is 0 Å². The van der Waals surface area contributed by atoms with E-state index in [4.69, 9.17) is 10.2 Å². The Morgan fingerprint density at radius 1 is 1.64 bits per heavy atom. The molecular weight excluding hydrogens is 154 g/mol. The standard InChI is InChI=1S/C5H9NO5/c1-11-4(8)3(2-7)6-5(9)10/h3,6-7H,2H2,1H3,(H,9,10)/t3-/m1/s1. The fraction of sp³-hybridized carbons (Fsp3) is 0.600. The van der Waals surface area contributed by atoms with Gasteiger partial charge in [0, 0.05) is 0 Å². The molecule has 0 aliphatic heterocycles. The van der Waals surface area contributed by atoms with Crippen LogP contribution in [0.15, 0.2) is 0 Å². The first kappa shape index (κ1) is 9.70. The van der Waals surface area contributed by atoms with E-state index in [0.29, 0.717) is 0 Å². The number of carboxylic acid groups (broad SMARTS) is 1. The van der Waals surface area contributed by atoms with Gasteiger partial charge in [0.25, 0.3) is 0 Å². The summed E-state index contributed by atoms with van der Waals surface area (Å²) in [4.78, 5) is 20.5. The Hall–Kier alpha value is -1.30. The van der Waals surface area contributed by atoms with Crippen LogP contribution in [0, 0.1) is 0 Å². The number of aliphatic hydroxyl groups excluding tert-OH is 1. The molecule has 64 valence electrons. The fourth-order valence-corrected chi connectivity index (χ4v) is 0.470.